The molecule has 0 spiro atoms. The minimum absolute atomic E-state index is 0.203. The smallest absolute Gasteiger partial charge is 0.140 e. The molecule has 0 fully saturated rings. The van der Waals surface area contributed by atoms with E-state index in [9.17, 15) is 0 Å². The lowest BCUT2D eigenvalue weighted by molar-refractivity contribution is 0.409. The van der Waals surface area contributed by atoms with Gasteiger partial charge in [-0.1, -0.05) is 37.9 Å². The molecule has 1 aromatic carbocycles. The third-order valence-corrected chi connectivity index (χ3v) is 3.21. The molecule has 0 aliphatic rings. The van der Waals surface area contributed by atoms with Crippen molar-refractivity contribution in [3.05, 3.63) is 28.3 Å². The van der Waals surface area contributed by atoms with Crippen LogP contribution in [0.4, 0.5) is 0 Å². The van der Waals surface area contributed by atoms with Crippen LogP contribution in [-0.4, -0.2) is 13.2 Å². The van der Waals surface area contributed by atoms with Gasteiger partial charge in [0.15, 0.2) is 0 Å². The van der Waals surface area contributed by atoms with Gasteiger partial charge in [0.1, 0.15) is 5.75 Å². The molecule has 1 rings (SSSR count). The molecule has 0 aromatic heterocycles. The van der Waals surface area contributed by atoms with Crippen molar-refractivity contribution in [2.24, 2.45) is 5.73 Å². The predicted octanol–water partition coefficient (Wildman–Crippen LogP) is 3.58. The Morgan fingerprint density at radius 2 is 2.06 bits per heavy atom. The van der Waals surface area contributed by atoms with Crippen LogP contribution in [0.3, 0.4) is 0 Å². The lowest BCUT2D eigenvalue weighted by atomic mass is 10.00. The summed E-state index contributed by atoms with van der Waals surface area (Å²) in [5.41, 5.74) is 8.36. The summed E-state index contributed by atoms with van der Waals surface area (Å²) in [4.78, 5) is 0. The first-order chi connectivity index (χ1) is 8.12. The van der Waals surface area contributed by atoms with E-state index in [4.69, 9.17) is 22.1 Å². The molecule has 0 saturated heterocycles. The highest BCUT2D eigenvalue weighted by Gasteiger charge is 2.11. The lowest BCUT2D eigenvalue weighted by Gasteiger charge is -2.14. The first-order valence-electron chi connectivity index (χ1n) is 6.23. The second kappa shape index (κ2) is 6.87. The van der Waals surface area contributed by atoms with Gasteiger partial charge in [0, 0.05) is 6.04 Å². The number of aryl methyl sites for hydroxylation is 1. The number of nitrogens with two attached hydrogens (primary N) is 1. The molecule has 0 saturated carbocycles. The van der Waals surface area contributed by atoms with Gasteiger partial charge in [-0.2, -0.15) is 0 Å². The van der Waals surface area contributed by atoms with Crippen molar-refractivity contribution in [3.8, 4) is 5.75 Å². The van der Waals surface area contributed by atoms with Crippen LogP contribution < -0.4 is 10.5 Å². The van der Waals surface area contributed by atoms with Crippen LogP contribution >= 0.6 is 11.6 Å². The average molecular weight is 256 g/mol. The van der Waals surface area contributed by atoms with Gasteiger partial charge in [0.25, 0.3) is 0 Å². The third-order valence-electron chi connectivity index (χ3n) is 2.93. The van der Waals surface area contributed by atoms with Crippen LogP contribution in [0.15, 0.2) is 12.1 Å². The summed E-state index contributed by atoms with van der Waals surface area (Å²) < 4.78 is 5.35. The zero-order valence-corrected chi connectivity index (χ0v) is 11.7. The monoisotopic (exact) mass is 255 g/mol. The van der Waals surface area contributed by atoms with Crippen molar-refractivity contribution >= 4 is 11.6 Å². The Morgan fingerprint density at radius 3 is 2.59 bits per heavy atom. The number of ether oxygens (including phenoxy) is 1. The second-order valence-corrected chi connectivity index (χ2v) is 4.80. The fourth-order valence-corrected chi connectivity index (χ4v) is 2.30. The van der Waals surface area contributed by atoms with E-state index in [1.807, 2.05) is 6.07 Å². The highest BCUT2D eigenvalue weighted by Crippen LogP contribution is 2.31. The molecule has 1 unspecified atom stereocenters. The van der Waals surface area contributed by atoms with Gasteiger partial charge in [0.05, 0.1) is 12.1 Å². The largest absolute Gasteiger partial charge is 0.495 e. The summed E-state index contributed by atoms with van der Waals surface area (Å²) in [5.74, 6) is 0.808. The summed E-state index contributed by atoms with van der Waals surface area (Å²) >= 11 is 6.23. The van der Waals surface area contributed by atoms with E-state index < -0.39 is 0 Å². The molecular formula is C14H22ClNO. The molecule has 3 heteroatoms. The Morgan fingerprint density at radius 1 is 1.35 bits per heavy atom. The average Bonchev–Trinajstić information content (AvgIpc) is 2.29. The molecular weight excluding hydrogens is 234 g/mol. The van der Waals surface area contributed by atoms with Crippen LogP contribution in [0.2, 0.25) is 5.02 Å². The highest BCUT2D eigenvalue weighted by atomic mass is 35.5. The van der Waals surface area contributed by atoms with Gasteiger partial charge < -0.3 is 10.5 Å². The van der Waals surface area contributed by atoms with E-state index in [0.717, 1.165) is 31.4 Å². The van der Waals surface area contributed by atoms with Gasteiger partial charge in [-0.3, -0.25) is 0 Å². The molecule has 0 amide bonds. The first kappa shape index (κ1) is 14.3. The van der Waals surface area contributed by atoms with E-state index in [-0.39, 0.29) is 6.04 Å². The summed E-state index contributed by atoms with van der Waals surface area (Å²) in [7, 11) is 1.66. The minimum atomic E-state index is 0.203. The Bertz CT molecular complexity index is 365. The van der Waals surface area contributed by atoms with Gasteiger partial charge in [-0.15, -0.1) is 0 Å². The maximum atomic E-state index is 6.23. The number of hydrogen-bond donors (Lipinski definition) is 1. The number of hydrogen-bond acceptors (Lipinski definition) is 2. The zero-order chi connectivity index (χ0) is 12.8. The van der Waals surface area contributed by atoms with Gasteiger partial charge in [-0.25, -0.2) is 0 Å². The maximum absolute atomic E-state index is 6.23. The Balaban J connectivity index is 3.01. The molecule has 0 heterocycles. The Hall–Kier alpha value is -0.730. The van der Waals surface area contributed by atoms with Crippen LogP contribution in [0.25, 0.3) is 0 Å². The van der Waals surface area contributed by atoms with Crippen LogP contribution in [0, 0.1) is 0 Å². The van der Waals surface area contributed by atoms with Crippen molar-refractivity contribution in [3.63, 3.8) is 0 Å². The molecule has 17 heavy (non-hydrogen) atoms. The molecule has 0 bridgehead atoms. The molecule has 96 valence electrons. The van der Waals surface area contributed by atoms with Crippen LogP contribution in [0.5, 0.6) is 5.75 Å². The first-order valence-corrected chi connectivity index (χ1v) is 6.61. The number of rotatable bonds is 6. The SMILES string of the molecule is CCCc1cc(CC(N)CC)cc(Cl)c1OC. The quantitative estimate of drug-likeness (QED) is 0.843. The molecule has 1 atom stereocenters. The van der Waals surface area contributed by atoms with Gasteiger partial charge in [-0.05, 0) is 36.5 Å². The minimum Gasteiger partial charge on any atom is -0.495 e. The topological polar surface area (TPSA) is 35.2 Å². The summed E-state index contributed by atoms with van der Waals surface area (Å²) in [6.45, 7) is 4.25. The summed E-state index contributed by atoms with van der Waals surface area (Å²) in [6.07, 6.45) is 3.91. The maximum Gasteiger partial charge on any atom is 0.140 e. The van der Waals surface area contributed by atoms with Crippen molar-refractivity contribution in [1.82, 2.24) is 0 Å². The number of benzene rings is 1. The van der Waals surface area contributed by atoms with Crippen molar-refractivity contribution in [2.45, 2.75) is 45.6 Å². The standard InChI is InChI=1S/C14H22ClNO/c1-4-6-11-7-10(8-12(16)5-2)9-13(15)14(11)17-3/h7,9,12H,4-6,8,16H2,1-3H3. The summed E-state index contributed by atoms with van der Waals surface area (Å²) in [6, 6.07) is 4.34. The number of halogens is 1. The van der Waals surface area contributed by atoms with Crippen molar-refractivity contribution in [2.75, 3.05) is 7.11 Å². The van der Waals surface area contributed by atoms with E-state index in [2.05, 4.69) is 19.9 Å². The Kier molecular flexibility index (Phi) is 5.79. The van der Waals surface area contributed by atoms with Gasteiger partial charge >= 0.3 is 0 Å². The van der Waals surface area contributed by atoms with Crippen molar-refractivity contribution < 1.29 is 4.74 Å². The Labute approximate surface area is 109 Å². The molecule has 0 aliphatic heterocycles. The van der Waals surface area contributed by atoms with Gasteiger partial charge in [0.2, 0.25) is 0 Å². The van der Waals surface area contributed by atoms with Crippen molar-refractivity contribution in [1.29, 1.82) is 0 Å². The molecule has 0 aliphatic carbocycles. The predicted molar refractivity (Wildman–Crippen MR) is 74.0 cm³/mol. The van der Waals surface area contributed by atoms with E-state index in [0.29, 0.717) is 5.02 Å². The third kappa shape index (κ3) is 3.90. The highest BCUT2D eigenvalue weighted by molar-refractivity contribution is 6.32. The normalized spacial score (nSPS) is 12.5. The molecule has 0 radical (unpaired) electrons. The molecule has 2 nitrogen and oxygen atoms in total. The number of methoxy groups -OCH3 is 1. The fourth-order valence-electron chi connectivity index (χ4n) is 1.96. The molecule has 1 aromatic rings. The van der Waals surface area contributed by atoms with E-state index in [1.54, 1.807) is 7.11 Å². The van der Waals surface area contributed by atoms with E-state index in [1.165, 1.54) is 11.1 Å². The summed E-state index contributed by atoms with van der Waals surface area (Å²) in [5, 5.41) is 0.691. The zero-order valence-electron chi connectivity index (χ0n) is 10.9. The van der Waals surface area contributed by atoms with Crippen LogP contribution in [-0.2, 0) is 12.8 Å². The van der Waals surface area contributed by atoms with Crippen LogP contribution in [0.1, 0.15) is 37.8 Å². The molecule has 2 N–H and O–H groups in total. The fraction of sp³-hybridized carbons (Fsp3) is 0.571. The second-order valence-electron chi connectivity index (χ2n) is 4.39. The van der Waals surface area contributed by atoms with E-state index >= 15 is 0 Å². The lowest BCUT2D eigenvalue weighted by Crippen LogP contribution is -2.21.